The van der Waals surface area contributed by atoms with Gasteiger partial charge < -0.3 is 9.47 Å². The second-order valence-corrected chi connectivity index (χ2v) is 11.7. The molecule has 3 aliphatic rings. The molecule has 0 bridgehead atoms. The van der Waals surface area contributed by atoms with Gasteiger partial charge >= 0.3 is 0 Å². The number of hydrogen-bond acceptors (Lipinski definition) is 2. The number of hydrogen-bond donors (Lipinski definition) is 0. The fourth-order valence-corrected chi connectivity index (χ4v) is 7.80. The zero-order valence-electron chi connectivity index (χ0n) is 21.9. The van der Waals surface area contributed by atoms with Gasteiger partial charge in [0.15, 0.2) is 0 Å². The van der Waals surface area contributed by atoms with Crippen molar-refractivity contribution in [2.45, 2.75) is 83.5 Å². The molecule has 0 N–H and O–H groups in total. The highest BCUT2D eigenvalue weighted by molar-refractivity contribution is 5.41. The highest BCUT2D eigenvalue weighted by Gasteiger charge is 2.53. The van der Waals surface area contributed by atoms with Crippen molar-refractivity contribution < 1.29 is 9.47 Å². The maximum absolute atomic E-state index is 6.82. The molecule has 0 amide bonds. The molecule has 1 unspecified atom stereocenters. The lowest BCUT2D eigenvalue weighted by Gasteiger charge is -2.49. The minimum absolute atomic E-state index is 0.220. The van der Waals surface area contributed by atoms with Crippen LogP contribution in [-0.4, -0.2) is 6.10 Å². The minimum Gasteiger partial charge on any atom is -0.489 e. The topological polar surface area (TPSA) is 18.5 Å². The Morgan fingerprint density at radius 1 is 0.944 bits per heavy atom. The molecule has 6 atom stereocenters. The Bertz CT molecular complexity index is 1160. The van der Waals surface area contributed by atoms with Crippen LogP contribution in [0, 0.1) is 17.3 Å². The van der Waals surface area contributed by atoms with Crippen LogP contribution in [-0.2, 0) is 17.8 Å². The summed E-state index contributed by atoms with van der Waals surface area (Å²) in [6.45, 7) is 5.46. The van der Waals surface area contributed by atoms with Crippen molar-refractivity contribution in [2.24, 2.45) is 17.3 Å². The summed E-state index contributed by atoms with van der Waals surface area (Å²) in [5, 5.41) is 0. The van der Waals surface area contributed by atoms with Crippen LogP contribution in [0.3, 0.4) is 0 Å². The van der Waals surface area contributed by atoms with Crippen LogP contribution in [0.4, 0.5) is 0 Å². The van der Waals surface area contributed by atoms with Crippen molar-refractivity contribution in [2.75, 3.05) is 0 Å². The molecule has 2 saturated carbocycles. The van der Waals surface area contributed by atoms with E-state index in [1.807, 2.05) is 0 Å². The fraction of sp³-hybridized carbons (Fsp3) is 0.471. The van der Waals surface area contributed by atoms with Gasteiger partial charge in [-0.15, -0.1) is 0 Å². The molecule has 2 nitrogen and oxygen atoms in total. The Labute approximate surface area is 217 Å². The zero-order valence-corrected chi connectivity index (χ0v) is 21.9. The molecule has 0 heterocycles. The van der Waals surface area contributed by atoms with E-state index in [-0.39, 0.29) is 6.10 Å². The lowest BCUT2D eigenvalue weighted by Crippen LogP contribution is -2.39. The van der Waals surface area contributed by atoms with E-state index >= 15 is 0 Å². The summed E-state index contributed by atoms with van der Waals surface area (Å²) in [4.78, 5) is 0. The van der Waals surface area contributed by atoms with Crippen molar-refractivity contribution in [3.8, 4) is 5.75 Å². The van der Waals surface area contributed by atoms with Crippen molar-refractivity contribution in [1.29, 1.82) is 0 Å². The molecule has 3 aromatic rings. The number of ether oxygens (including phenoxy) is 2. The number of aryl methyl sites for hydroxylation is 1. The SMILES string of the molecule is CCC(O[C@@H]1C[C@H]2[C@@H]3CCc4cc(OCc5ccccc5)ccc4[C@H]3CC[C@]2(C)C1)c1ccccc1. The number of rotatable bonds is 7. The van der Waals surface area contributed by atoms with Gasteiger partial charge in [-0.1, -0.05) is 80.6 Å². The molecule has 2 heteroatoms. The van der Waals surface area contributed by atoms with E-state index in [4.69, 9.17) is 9.47 Å². The summed E-state index contributed by atoms with van der Waals surface area (Å²) < 4.78 is 13.0. The van der Waals surface area contributed by atoms with Gasteiger partial charge in [0.05, 0.1) is 12.2 Å². The van der Waals surface area contributed by atoms with E-state index < -0.39 is 0 Å². The smallest absolute Gasteiger partial charge is 0.120 e. The normalized spacial score (nSPS) is 29.6. The Morgan fingerprint density at radius 2 is 1.72 bits per heavy atom. The lowest BCUT2D eigenvalue weighted by molar-refractivity contribution is -0.0173. The van der Waals surface area contributed by atoms with Crippen LogP contribution in [0.15, 0.2) is 78.9 Å². The van der Waals surface area contributed by atoms with Crippen molar-refractivity contribution in [3.63, 3.8) is 0 Å². The maximum Gasteiger partial charge on any atom is 0.120 e. The third-order valence-corrected chi connectivity index (χ3v) is 9.57. The molecule has 0 radical (unpaired) electrons. The van der Waals surface area contributed by atoms with Crippen LogP contribution in [0.2, 0.25) is 0 Å². The minimum atomic E-state index is 0.220. The third-order valence-electron chi connectivity index (χ3n) is 9.57. The molecule has 0 spiro atoms. The van der Waals surface area contributed by atoms with E-state index in [1.165, 1.54) is 55.2 Å². The maximum atomic E-state index is 6.82. The van der Waals surface area contributed by atoms with E-state index in [9.17, 15) is 0 Å². The molecule has 2 fully saturated rings. The fourth-order valence-electron chi connectivity index (χ4n) is 7.80. The van der Waals surface area contributed by atoms with E-state index in [0.717, 1.165) is 24.0 Å². The highest BCUT2D eigenvalue weighted by atomic mass is 16.5. The van der Waals surface area contributed by atoms with Crippen LogP contribution in [0.5, 0.6) is 5.75 Å². The largest absolute Gasteiger partial charge is 0.489 e. The first-order valence-electron chi connectivity index (χ1n) is 14.1. The first-order chi connectivity index (χ1) is 17.6. The molecular weight excluding hydrogens is 440 g/mol. The van der Waals surface area contributed by atoms with Gasteiger partial charge in [0.1, 0.15) is 12.4 Å². The monoisotopic (exact) mass is 480 g/mol. The van der Waals surface area contributed by atoms with E-state index in [2.05, 4.69) is 92.7 Å². The molecular formula is C34H40O2. The molecule has 188 valence electrons. The molecule has 6 rings (SSSR count). The zero-order chi connectivity index (χ0) is 24.5. The predicted molar refractivity (Wildman–Crippen MR) is 146 cm³/mol. The quantitative estimate of drug-likeness (QED) is 0.337. The third kappa shape index (κ3) is 4.61. The van der Waals surface area contributed by atoms with Gasteiger partial charge in [0, 0.05) is 0 Å². The molecule has 0 saturated heterocycles. The van der Waals surface area contributed by atoms with Crippen LogP contribution >= 0.6 is 0 Å². The summed E-state index contributed by atoms with van der Waals surface area (Å²) in [7, 11) is 0. The Morgan fingerprint density at radius 3 is 2.50 bits per heavy atom. The molecule has 3 aromatic carbocycles. The van der Waals surface area contributed by atoms with E-state index in [0.29, 0.717) is 24.0 Å². The van der Waals surface area contributed by atoms with Gasteiger partial charge in [-0.05, 0) is 103 Å². The standard InChI is InChI=1S/C34H40O2/c1-3-33(25-12-8-5-9-13-25)36-28-21-32-31-16-14-26-20-27(35-23-24-10-6-4-7-11-24)15-17-29(26)30(31)18-19-34(32,2)22-28/h4-13,15,17,20,28,30-33H,3,14,16,18-19,21-23H2,1-2H3/t28-,30-,31-,32+,33?,34-/m1/s1. The Kier molecular flexibility index (Phi) is 6.65. The first kappa shape index (κ1) is 23.8. The average Bonchev–Trinajstić information content (AvgIpc) is 3.27. The summed E-state index contributed by atoms with van der Waals surface area (Å²) >= 11 is 0. The second-order valence-electron chi connectivity index (χ2n) is 11.7. The summed E-state index contributed by atoms with van der Waals surface area (Å²) in [6.07, 6.45) is 9.23. The van der Waals surface area contributed by atoms with Crippen LogP contribution in [0.25, 0.3) is 0 Å². The summed E-state index contributed by atoms with van der Waals surface area (Å²) in [6, 6.07) is 28.2. The average molecular weight is 481 g/mol. The van der Waals surface area contributed by atoms with Gasteiger partial charge in [-0.2, -0.15) is 0 Å². The van der Waals surface area contributed by atoms with Crippen LogP contribution < -0.4 is 4.74 Å². The molecule has 0 aliphatic heterocycles. The highest BCUT2D eigenvalue weighted by Crippen LogP contribution is 2.61. The summed E-state index contributed by atoms with van der Waals surface area (Å²) in [5.41, 5.74) is 6.09. The molecule has 0 aromatic heterocycles. The van der Waals surface area contributed by atoms with Gasteiger partial charge in [-0.3, -0.25) is 0 Å². The van der Waals surface area contributed by atoms with Crippen LogP contribution in [0.1, 0.15) is 86.6 Å². The number of fused-ring (bicyclic) bond motifs is 5. The van der Waals surface area contributed by atoms with Gasteiger partial charge in [-0.25, -0.2) is 0 Å². The number of benzene rings is 3. The van der Waals surface area contributed by atoms with Gasteiger partial charge in [0.2, 0.25) is 0 Å². The predicted octanol–water partition coefficient (Wildman–Crippen LogP) is 8.66. The molecule has 3 aliphatic carbocycles. The van der Waals surface area contributed by atoms with Crippen molar-refractivity contribution >= 4 is 0 Å². The first-order valence-corrected chi connectivity index (χ1v) is 14.1. The summed E-state index contributed by atoms with van der Waals surface area (Å²) in [5.74, 6) is 3.27. The molecule has 36 heavy (non-hydrogen) atoms. The Hall–Kier alpha value is -2.58. The Balaban J connectivity index is 1.15. The van der Waals surface area contributed by atoms with Gasteiger partial charge in [0.25, 0.3) is 0 Å². The second kappa shape index (κ2) is 10.1. The van der Waals surface area contributed by atoms with E-state index in [1.54, 1.807) is 5.56 Å². The lowest BCUT2D eigenvalue weighted by atomic mass is 9.56. The van der Waals surface area contributed by atoms with Crippen molar-refractivity contribution in [1.82, 2.24) is 0 Å². The van der Waals surface area contributed by atoms with Crippen molar-refractivity contribution in [3.05, 3.63) is 101 Å².